The Morgan fingerprint density at radius 3 is 1.56 bits per heavy atom. The van der Waals surface area contributed by atoms with Gasteiger partial charge < -0.3 is 28.2 Å². The van der Waals surface area contributed by atoms with E-state index in [0.29, 0.717) is 11.6 Å². The Hall–Kier alpha value is -8.45. The number of aromatic nitrogens is 5. The summed E-state index contributed by atoms with van der Waals surface area (Å²) in [5.74, 6) is 1.66. The summed E-state index contributed by atoms with van der Waals surface area (Å²) in [5.41, 5.74) is 14.8. The fourth-order valence-electron chi connectivity index (χ4n) is 10.7. The number of ether oxygens (including phenoxy) is 1. The predicted octanol–water partition coefficient (Wildman–Crippen LogP) is 14.8. The van der Waals surface area contributed by atoms with Gasteiger partial charge in [-0.25, -0.2) is 4.98 Å². The van der Waals surface area contributed by atoms with E-state index in [9.17, 15) is 0 Å². The number of rotatable bonds is 7. The van der Waals surface area contributed by atoms with Gasteiger partial charge in [-0.2, -0.15) is 30.6 Å². The first kappa shape index (κ1) is 41.7. The molecule has 14 rings (SSSR count). The summed E-state index contributed by atoms with van der Waals surface area (Å²) in [4.78, 5) is 14.2. The normalized spacial score (nSPS) is 12.5. The summed E-state index contributed by atoms with van der Waals surface area (Å²) in [6.07, 6.45) is 3.82. The number of para-hydroxylation sites is 7. The Bertz CT molecular complexity index is 3980. The van der Waals surface area contributed by atoms with Crippen LogP contribution in [0.4, 0.5) is 17.1 Å². The van der Waals surface area contributed by atoms with Gasteiger partial charge in [0.15, 0.2) is 0 Å². The van der Waals surface area contributed by atoms with Crippen LogP contribution in [-0.4, -0.2) is 30.7 Å². The van der Waals surface area contributed by atoms with Crippen LogP contribution < -0.4 is 14.5 Å². The first-order valence-electron chi connectivity index (χ1n) is 23.1. The molecule has 0 saturated heterocycles. The Balaban J connectivity index is 0.00000480. The smallest absolute Gasteiger partial charge is 0.135 e. The van der Waals surface area contributed by atoms with Gasteiger partial charge in [0.2, 0.25) is 0 Å². The van der Waals surface area contributed by atoms with Gasteiger partial charge in [0.1, 0.15) is 11.7 Å². The summed E-state index contributed by atoms with van der Waals surface area (Å²) in [6, 6.07) is 73.5. The van der Waals surface area contributed by atoms with Gasteiger partial charge in [0.05, 0.1) is 33.4 Å². The molecule has 0 N–H and O–H groups in total. The van der Waals surface area contributed by atoms with Crippen molar-refractivity contribution in [2.75, 3.05) is 16.8 Å². The molecule has 1 aliphatic rings. The third-order valence-corrected chi connectivity index (χ3v) is 13.7. The van der Waals surface area contributed by atoms with Crippen LogP contribution in [0.3, 0.4) is 0 Å². The quantitative estimate of drug-likeness (QED) is 0.149. The maximum absolute atomic E-state index is 6.49. The SMILES string of the molecule is Cc1cc(-n2c3[c-]c(Oc4[c-]c(N5[CH-]N(C)c6ccccc65)ccn4)ccc3c3ccccc32)ncc1-c1c(-n2c3ccccc3c3ccccc32)cccc1-n1c2ccccc2c2ccccc21.[Pt]. The standard InChI is InChI=1S/C61H40N7O.Pt/c1-39-34-59(68-53-25-12-7-20-46(53)47-31-30-41(36-58(47)68)69-60-35-40(32-33-62-60)65-38-64(2)54-26-13-14-27-55(54)65)63-37-48(39)61-56(66-49-21-8-3-16-42(49)43-17-4-9-22-50(43)66)28-15-29-57(61)67-51-23-10-5-18-44(51)45-19-6-11-24-52(45)67;/h3-34,37-38H,1-2H3;/q-3;. The second kappa shape index (κ2) is 16.4. The summed E-state index contributed by atoms with van der Waals surface area (Å²) in [5, 5.41) is 6.99. The molecule has 338 valence electrons. The molecule has 8 nitrogen and oxygen atoms in total. The summed E-state index contributed by atoms with van der Waals surface area (Å²) in [7, 11) is 2.04. The van der Waals surface area contributed by atoms with Crippen LogP contribution in [0.5, 0.6) is 11.6 Å². The molecule has 0 unspecified atom stereocenters. The van der Waals surface area contributed by atoms with Crippen molar-refractivity contribution < 1.29 is 25.8 Å². The molecular formula is C61H40N7OPt-3. The van der Waals surface area contributed by atoms with Crippen molar-refractivity contribution in [2.24, 2.45) is 0 Å². The average Bonchev–Trinajstić information content (AvgIpc) is 4.12. The van der Waals surface area contributed by atoms with E-state index in [4.69, 9.17) is 9.72 Å². The van der Waals surface area contributed by atoms with E-state index >= 15 is 0 Å². The third kappa shape index (κ3) is 6.33. The molecule has 0 radical (unpaired) electrons. The fourth-order valence-corrected chi connectivity index (χ4v) is 10.7. The van der Waals surface area contributed by atoms with Gasteiger partial charge in [0, 0.05) is 82.6 Å². The van der Waals surface area contributed by atoms with E-state index < -0.39 is 0 Å². The minimum absolute atomic E-state index is 0. The number of aryl methyl sites for hydroxylation is 1. The molecular weight excluding hydrogens is 1040 g/mol. The van der Waals surface area contributed by atoms with Crippen molar-refractivity contribution in [3.8, 4) is 39.9 Å². The molecule has 13 aromatic rings. The van der Waals surface area contributed by atoms with Crippen LogP contribution in [0.1, 0.15) is 5.56 Å². The number of pyridine rings is 2. The number of fused-ring (bicyclic) bond motifs is 10. The zero-order valence-electron chi connectivity index (χ0n) is 38.0. The summed E-state index contributed by atoms with van der Waals surface area (Å²) >= 11 is 0. The number of benzene rings is 8. The van der Waals surface area contributed by atoms with Crippen molar-refractivity contribution in [3.05, 3.63) is 225 Å². The van der Waals surface area contributed by atoms with Crippen molar-refractivity contribution in [2.45, 2.75) is 6.92 Å². The van der Waals surface area contributed by atoms with Crippen molar-refractivity contribution >= 4 is 82.5 Å². The molecule has 5 aromatic heterocycles. The maximum Gasteiger partial charge on any atom is 0.135 e. The number of hydrogen-bond acceptors (Lipinski definition) is 5. The van der Waals surface area contributed by atoms with Crippen LogP contribution in [0, 0.1) is 25.7 Å². The first-order valence-corrected chi connectivity index (χ1v) is 23.1. The van der Waals surface area contributed by atoms with Gasteiger partial charge in [-0.1, -0.05) is 115 Å². The van der Waals surface area contributed by atoms with Gasteiger partial charge >= 0.3 is 0 Å². The van der Waals surface area contributed by atoms with E-state index in [1.807, 2.05) is 38.0 Å². The zero-order valence-corrected chi connectivity index (χ0v) is 40.3. The molecule has 0 saturated carbocycles. The van der Waals surface area contributed by atoms with Gasteiger partial charge in [-0.15, -0.1) is 17.5 Å². The first-order chi connectivity index (χ1) is 34.1. The van der Waals surface area contributed by atoms with Crippen molar-refractivity contribution in [1.29, 1.82) is 0 Å². The maximum atomic E-state index is 6.49. The van der Waals surface area contributed by atoms with Crippen LogP contribution in [0.15, 0.2) is 200 Å². The van der Waals surface area contributed by atoms with Crippen molar-refractivity contribution in [1.82, 2.24) is 23.7 Å². The Morgan fingerprint density at radius 2 is 0.986 bits per heavy atom. The van der Waals surface area contributed by atoms with Crippen LogP contribution in [0.25, 0.3) is 93.7 Å². The molecule has 0 fully saturated rings. The van der Waals surface area contributed by atoms with Crippen molar-refractivity contribution in [3.63, 3.8) is 0 Å². The van der Waals surface area contributed by atoms with Crippen LogP contribution in [0.2, 0.25) is 0 Å². The Labute approximate surface area is 418 Å². The number of hydrogen-bond donors (Lipinski definition) is 0. The van der Waals surface area contributed by atoms with Gasteiger partial charge in [0.25, 0.3) is 0 Å². The van der Waals surface area contributed by atoms with Crippen LogP contribution in [-0.2, 0) is 21.1 Å². The number of anilines is 3. The second-order valence-electron chi connectivity index (χ2n) is 17.7. The topological polar surface area (TPSA) is 56.3 Å². The second-order valence-corrected chi connectivity index (χ2v) is 17.7. The molecule has 0 aliphatic carbocycles. The van der Waals surface area contributed by atoms with Gasteiger partial charge in [-0.3, -0.25) is 4.98 Å². The van der Waals surface area contributed by atoms with E-state index in [1.54, 1.807) is 6.20 Å². The fraction of sp³-hybridized carbons (Fsp3) is 0.0328. The Kier molecular flexibility index (Phi) is 9.75. The van der Waals surface area contributed by atoms with E-state index in [0.717, 1.165) is 94.8 Å². The molecule has 9 heteroatoms. The molecule has 0 spiro atoms. The molecule has 1 aliphatic heterocycles. The molecule has 8 aromatic carbocycles. The minimum atomic E-state index is 0. The molecule has 6 heterocycles. The zero-order chi connectivity index (χ0) is 45.7. The Morgan fingerprint density at radius 1 is 0.486 bits per heavy atom. The van der Waals surface area contributed by atoms with E-state index in [1.165, 1.54) is 21.5 Å². The molecule has 0 atom stereocenters. The summed E-state index contributed by atoms with van der Waals surface area (Å²) < 4.78 is 13.5. The van der Waals surface area contributed by atoms with Gasteiger partial charge in [-0.05, 0) is 91.8 Å². The average molecular weight is 1080 g/mol. The van der Waals surface area contributed by atoms with E-state index in [2.05, 4.69) is 218 Å². The number of nitrogens with zero attached hydrogens (tertiary/aromatic N) is 7. The summed E-state index contributed by atoms with van der Waals surface area (Å²) in [6.45, 7) is 4.25. The van der Waals surface area contributed by atoms with Crippen LogP contribution >= 0.6 is 0 Å². The molecule has 0 amide bonds. The predicted molar refractivity (Wildman–Crippen MR) is 281 cm³/mol. The molecule has 70 heavy (non-hydrogen) atoms. The largest absolute Gasteiger partial charge is 0.504 e. The minimum Gasteiger partial charge on any atom is -0.504 e. The van der Waals surface area contributed by atoms with E-state index in [-0.39, 0.29) is 21.1 Å². The molecule has 0 bridgehead atoms. The monoisotopic (exact) mass is 1080 g/mol. The third-order valence-electron chi connectivity index (χ3n) is 13.7.